The first-order chi connectivity index (χ1) is 13.3. The summed E-state index contributed by atoms with van der Waals surface area (Å²) in [7, 11) is 0. The number of aromatic nitrogens is 3. The van der Waals surface area contributed by atoms with Crippen LogP contribution in [0.15, 0.2) is 16.7 Å². The molecule has 1 fully saturated rings. The third-order valence-electron chi connectivity index (χ3n) is 5.39. The molecule has 152 valence electrons. The minimum Gasteiger partial charge on any atom is -0.368 e. The summed E-state index contributed by atoms with van der Waals surface area (Å²) in [5.41, 5.74) is 1.15. The number of fused-ring (bicyclic) bond motifs is 1. The van der Waals surface area contributed by atoms with Gasteiger partial charge in [-0.1, -0.05) is 12.1 Å². The van der Waals surface area contributed by atoms with Crippen molar-refractivity contribution in [1.82, 2.24) is 19.8 Å². The molecule has 4 heterocycles. The van der Waals surface area contributed by atoms with Crippen molar-refractivity contribution in [3.8, 4) is 0 Å². The molecular formula is C18H22F3N5O2. The van der Waals surface area contributed by atoms with Gasteiger partial charge in [-0.05, 0) is 32.6 Å². The van der Waals surface area contributed by atoms with E-state index in [1.165, 1.54) is 0 Å². The van der Waals surface area contributed by atoms with Gasteiger partial charge < -0.3 is 14.7 Å². The molecule has 2 aromatic rings. The molecule has 7 nitrogen and oxygen atoms in total. The van der Waals surface area contributed by atoms with Gasteiger partial charge in [-0.3, -0.25) is 4.79 Å². The summed E-state index contributed by atoms with van der Waals surface area (Å²) >= 11 is 0. The molecule has 10 heteroatoms. The van der Waals surface area contributed by atoms with E-state index in [-0.39, 0.29) is 30.2 Å². The van der Waals surface area contributed by atoms with E-state index < -0.39 is 12.2 Å². The van der Waals surface area contributed by atoms with Crippen molar-refractivity contribution in [2.24, 2.45) is 0 Å². The Labute approximate surface area is 159 Å². The van der Waals surface area contributed by atoms with Crippen LogP contribution < -0.4 is 5.32 Å². The first kappa shape index (κ1) is 18.8. The Morgan fingerprint density at radius 3 is 2.86 bits per heavy atom. The van der Waals surface area contributed by atoms with Crippen LogP contribution in [0.25, 0.3) is 0 Å². The number of rotatable bonds is 3. The molecule has 1 N–H and O–H groups in total. The molecule has 0 aromatic carbocycles. The van der Waals surface area contributed by atoms with Gasteiger partial charge in [0.2, 0.25) is 5.76 Å². The second-order valence-corrected chi connectivity index (χ2v) is 7.43. The van der Waals surface area contributed by atoms with Crippen LogP contribution in [0.1, 0.15) is 67.1 Å². The zero-order valence-electron chi connectivity index (χ0n) is 15.7. The Kier molecular flexibility index (Phi) is 4.59. The number of nitrogens with one attached hydrogen (secondary N) is 1. The Bertz CT molecular complexity index is 875. The SMILES string of the molecule is CCc1cc(C(=O)N2CCC[C@@H]2c2cc3n(n2)[C@@H](C(F)(F)F)C[C@@H](C)N3)on1. The quantitative estimate of drug-likeness (QED) is 0.854. The molecule has 0 spiro atoms. The molecule has 0 aliphatic carbocycles. The zero-order valence-corrected chi connectivity index (χ0v) is 15.7. The number of aryl methyl sites for hydroxylation is 1. The van der Waals surface area contributed by atoms with Crippen molar-refractivity contribution >= 4 is 11.7 Å². The minimum atomic E-state index is -4.38. The average molecular weight is 397 g/mol. The third kappa shape index (κ3) is 3.24. The van der Waals surface area contributed by atoms with Crippen molar-refractivity contribution in [3.05, 3.63) is 29.3 Å². The second kappa shape index (κ2) is 6.82. The number of carbonyl (C=O) groups excluding carboxylic acids is 1. The molecule has 1 saturated heterocycles. The van der Waals surface area contributed by atoms with E-state index in [0.717, 1.165) is 11.1 Å². The van der Waals surface area contributed by atoms with Gasteiger partial charge in [0.25, 0.3) is 5.91 Å². The summed E-state index contributed by atoms with van der Waals surface area (Å²) in [5, 5.41) is 11.2. The van der Waals surface area contributed by atoms with Crippen molar-refractivity contribution < 1.29 is 22.5 Å². The number of likely N-dealkylation sites (tertiary alicyclic amines) is 1. The summed E-state index contributed by atoms with van der Waals surface area (Å²) in [6.07, 6.45) is -2.42. The van der Waals surface area contributed by atoms with Crippen LogP contribution in [0.5, 0.6) is 0 Å². The zero-order chi connectivity index (χ0) is 20.1. The molecule has 3 atom stereocenters. The van der Waals surface area contributed by atoms with Gasteiger partial charge in [0.05, 0.1) is 17.4 Å². The largest absolute Gasteiger partial charge is 0.410 e. The molecule has 0 radical (unpaired) electrons. The lowest BCUT2D eigenvalue weighted by atomic mass is 10.1. The fourth-order valence-corrected chi connectivity index (χ4v) is 3.98. The molecule has 2 aliphatic heterocycles. The number of hydrogen-bond acceptors (Lipinski definition) is 5. The summed E-state index contributed by atoms with van der Waals surface area (Å²) in [6.45, 7) is 4.13. The van der Waals surface area contributed by atoms with Crippen molar-refractivity contribution in [2.45, 2.75) is 63.8 Å². The molecule has 2 aromatic heterocycles. The van der Waals surface area contributed by atoms with E-state index in [1.807, 2.05) is 6.92 Å². The number of alkyl halides is 3. The summed E-state index contributed by atoms with van der Waals surface area (Å²) in [4.78, 5) is 14.5. The Morgan fingerprint density at radius 2 is 2.18 bits per heavy atom. The predicted molar refractivity (Wildman–Crippen MR) is 93.9 cm³/mol. The van der Waals surface area contributed by atoms with E-state index in [9.17, 15) is 18.0 Å². The molecule has 2 aliphatic rings. The van der Waals surface area contributed by atoms with E-state index in [2.05, 4.69) is 15.6 Å². The van der Waals surface area contributed by atoms with Crippen LogP contribution in [0, 0.1) is 0 Å². The van der Waals surface area contributed by atoms with Gasteiger partial charge in [0.1, 0.15) is 5.82 Å². The number of anilines is 1. The lowest BCUT2D eigenvalue weighted by Gasteiger charge is -2.31. The molecule has 0 bridgehead atoms. The Balaban J connectivity index is 1.63. The molecular weight excluding hydrogens is 375 g/mol. The Hall–Kier alpha value is -2.52. The first-order valence-electron chi connectivity index (χ1n) is 9.47. The van der Waals surface area contributed by atoms with Crippen LogP contribution in [0.4, 0.5) is 19.0 Å². The second-order valence-electron chi connectivity index (χ2n) is 7.43. The topological polar surface area (TPSA) is 76.2 Å². The molecule has 28 heavy (non-hydrogen) atoms. The fourth-order valence-electron chi connectivity index (χ4n) is 3.98. The number of halogens is 3. The monoisotopic (exact) mass is 397 g/mol. The smallest absolute Gasteiger partial charge is 0.368 e. The van der Waals surface area contributed by atoms with Crippen molar-refractivity contribution in [1.29, 1.82) is 0 Å². The normalized spacial score (nSPS) is 24.9. The van der Waals surface area contributed by atoms with Crippen molar-refractivity contribution in [3.63, 3.8) is 0 Å². The van der Waals surface area contributed by atoms with E-state index in [1.54, 1.807) is 24.0 Å². The first-order valence-corrected chi connectivity index (χ1v) is 9.47. The van der Waals surface area contributed by atoms with Crippen LogP contribution in [0.3, 0.4) is 0 Å². The number of hydrogen-bond donors (Lipinski definition) is 1. The highest BCUT2D eigenvalue weighted by molar-refractivity contribution is 5.92. The highest BCUT2D eigenvalue weighted by atomic mass is 19.4. The highest BCUT2D eigenvalue weighted by Gasteiger charge is 2.46. The van der Waals surface area contributed by atoms with E-state index in [0.29, 0.717) is 36.6 Å². The van der Waals surface area contributed by atoms with Crippen molar-refractivity contribution in [2.75, 3.05) is 11.9 Å². The lowest BCUT2D eigenvalue weighted by Crippen LogP contribution is -2.38. The number of carbonyl (C=O) groups is 1. The molecule has 0 unspecified atom stereocenters. The van der Waals surface area contributed by atoms with Crippen LogP contribution in [-0.2, 0) is 6.42 Å². The average Bonchev–Trinajstić information content (AvgIpc) is 3.37. The van der Waals surface area contributed by atoms with Gasteiger partial charge in [0, 0.05) is 24.7 Å². The van der Waals surface area contributed by atoms with Gasteiger partial charge in [-0.25, -0.2) is 4.68 Å². The maximum atomic E-state index is 13.5. The Morgan fingerprint density at radius 1 is 1.39 bits per heavy atom. The predicted octanol–water partition coefficient (Wildman–Crippen LogP) is 3.72. The van der Waals surface area contributed by atoms with Gasteiger partial charge in [0.15, 0.2) is 6.04 Å². The highest BCUT2D eigenvalue weighted by Crippen LogP contribution is 2.41. The van der Waals surface area contributed by atoms with E-state index >= 15 is 0 Å². The minimum absolute atomic E-state index is 0.0806. The molecule has 4 rings (SSSR count). The number of amides is 1. The van der Waals surface area contributed by atoms with Gasteiger partial charge in [-0.2, -0.15) is 18.3 Å². The summed E-state index contributed by atoms with van der Waals surface area (Å²) < 4.78 is 46.6. The third-order valence-corrected chi connectivity index (χ3v) is 5.39. The van der Waals surface area contributed by atoms with E-state index in [4.69, 9.17) is 4.52 Å². The lowest BCUT2D eigenvalue weighted by molar-refractivity contribution is -0.173. The molecule has 0 saturated carbocycles. The van der Waals surface area contributed by atoms with Gasteiger partial charge in [-0.15, -0.1) is 0 Å². The van der Waals surface area contributed by atoms with Crippen LogP contribution >= 0.6 is 0 Å². The maximum Gasteiger partial charge on any atom is 0.410 e. The molecule has 1 amide bonds. The summed E-state index contributed by atoms with van der Waals surface area (Å²) in [5.74, 6) is 0.172. The van der Waals surface area contributed by atoms with Crippen LogP contribution in [0.2, 0.25) is 0 Å². The standard InChI is InChI=1S/C18H22F3N5O2/c1-3-11-8-14(28-24-11)17(27)25-6-4-5-13(25)12-9-16-22-10(2)7-15(18(19,20)21)26(16)23-12/h8-10,13,15,22H,3-7H2,1-2H3/t10-,13-,15-/m1/s1. The maximum absolute atomic E-state index is 13.5. The van der Waals surface area contributed by atoms with Gasteiger partial charge >= 0.3 is 6.18 Å². The number of nitrogens with zero attached hydrogens (tertiary/aromatic N) is 4. The summed E-state index contributed by atoms with van der Waals surface area (Å²) in [6, 6.07) is 0.874. The fraction of sp³-hybridized carbons (Fsp3) is 0.611. The van der Waals surface area contributed by atoms with Crippen LogP contribution in [-0.4, -0.2) is 44.5 Å².